The molecule has 7 nitrogen and oxygen atoms in total. The Bertz CT molecular complexity index is 898. The Morgan fingerprint density at radius 1 is 1.26 bits per heavy atom. The van der Waals surface area contributed by atoms with Gasteiger partial charge in [-0.2, -0.15) is 0 Å². The van der Waals surface area contributed by atoms with Gasteiger partial charge in [-0.1, -0.05) is 25.1 Å². The third kappa shape index (κ3) is 4.06. The number of amides is 1. The number of carbonyl (C=O) groups is 1. The van der Waals surface area contributed by atoms with Crippen molar-refractivity contribution in [3.63, 3.8) is 0 Å². The van der Waals surface area contributed by atoms with Crippen molar-refractivity contribution in [2.24, 2.45) is 0 Å². The zero-order valence-electron chi connectivity index (χ0n) is 15.2. The highest BCUT2D eigenvalue weighted by Gasteiger charge is 2.22. The molecule has 3 aromatic rings. The monoisotopic (exact) mass is 382 g/mol. The van der Waals surface area contributed by atoms with E-state index < -0.39 is 0 Å². The van der Waals surface area contributed by atoms with Gasteiger partial charge in [-0.25, -0.2) is 14.6 Å². The van der Waals surface area contributed by atoms with Crippen LogP contribution in [0.3, 0.4) is 0 Å². The van der Waals surface area contributed by atoms with Crippen molar-refractivity contribution < 1.29 is 4.79 Å². The topological polar surface area (TPSA) is 75.9 Å². The van der Waals surface area contributed by atoms with E-state index in [9.17, 15) is 4.79 Å². The molecule has 27 heavy (non-hydrogen) atoms. The number of nitrogens with zero attached hydrogens (tertiary/aromatic N) is 5. The lowest BCUT2D eigenvalue weighted by molar-refractivity contribution is 0.0908. The normalized spacial score (nSPS) is 15.7. The number of rotatable bonds is 5. The number of carbonyl (C=O) groups excluding carboxylic acids is 1. The average molecular weight is 382 g/mol. The summed E-state index contributed by atoms with van der Waals surface area (Å²) in [5, 5.41) is 10.0. The zero-order valence-corrected chi connectivity index (χ0v) is 16.0. The first-order chi connectivity index (χ1) is 13.2. The summed E-state index contributed by atoms with van der Waals surface area (Å²) in [7, 11) is 0. The lowest BCUT2D eigenvalue weighted by atomic mass is 10.1. The smallest absolute Gasteiger partial charge is 0.270 e. The van der Waals surface area contributed by atoms with Crippen molar-refractivity contribution in [1.82, 2.24) is 30.0 Å². The van der Waals surface area contributed by atoms with Crippen LogP contribution in [-0.2, 0) is 0 Å². The van der Waals surface area contributed by atoms with Gasteiger partial charge in [0.25, 0.3) is 5.91 Å². The van der Waals surface area contributed by atoms with E-state index in [1.165, 1.54) is 11.3 Å². The third-order valence-electron chi connectivity index (χ3n) is 4.81. The highest BCUT2D eigenvalue weighted by molar-refractivity contribution is 7.13. The summed E-state index contributed by atoms with van der Waals surface area (Å²) in [6.07, 6.45) is 3.63. The largest absolute Gasteiger partial charge is 0.348 e. The number of aromatic nitrogens is 4. The van der Waals surface area contributed by atoms with Crippen molar-refractivity contribution >= 4 is 17.2 Å². The maximum Gasteiger partial charge on any atom is 0.270 e. The molecule has 0 bridgehead atoms. The number of hydrogen-bond donors (Lipinski definition) is 1. The second kappa shape index (κ2) is 7.98. The Morgan fingerprint density at radius 3 is 2.78 bits per heavy atom. The molecule has 3 heterocycles. The number of benzene rings is 1. The third-order valence-corrected chi connectivity index (χ3v) is 5.65. The number of nitrogens with one attached hydrogen (secondary N) is 1. The van der Waals surface area contributed by atoms with E-state index in [-0.39, 0.29) is 11.9 Å². The van der Waals surface area contributed by atoms with Gasteiger partial charge in [-0.3, -0.25) is 4.79 Å². The van der Waals surface area contributed by atoms with E-state index in [1.54, 1.807) is 16.4 Å². The molecule has 1 saturated heterocycles. The number of hydrogen-bond acceptors (Lipinski definition) is 6. The van der Waals surface area contributed by atoms with Gasteiger partial charge in [0.1, 0.15) is 12.0 Å². The number of piperidine rings is 1. The Balaban J connectivity index is 1.41. The first kappa shape index (κ1) is 17.8. The van der Waals surface area contributed by atoms with Gasteiger partial charge in [0.15, 0.2) is 5.01 Å². The molecule has 0 aliphatic carbocycles. The lowest BCUT2D eigenvalue weighted by Crippen LogP contribution is -2.44. The molecule has 0 saturated carbocycles. The molecule has 0 spiro atoms. The fraction of sp³-hybridized carbons (Fsp3) is 0.368. The van der Waals surface area contributed by atoms with Gasteiger partial charge < -0.3 is 10.2 Å². The number of para-hydroxylation sites is 1. The molecule has 1 aromatic carbocycles. The van der Waals surface area contributed by atoms with Crippen molar-refractivity contribution in [2.75, 3.05) is 19.6 Å². The van der Waals surface area contributed by atoms with Crippen LogP contribution in [-0.4, -0.2) is 56.2 Å². The summed E-state index contributed by atoms with van der Waals surface area (Å²) in [4.78, 5) is 23.7. The van der Waals surface area contributed by atoms with Gasteiger partial charge in [-0.05, 0) is 31.5 Å². The van der Waals surface area contributed by atoms with Crippen LogP contribution >= 0.6 is 11.3 Å². The van der Waals surface area contributed by atoms with Crippen LogP contribution in [0.1, 0.15) is 30.3 Å². The summed E-state index contributed by atoms with van der Waals surface area (Å²) in [5.41, 5.74) is 1.37. The fourth-order valence-corrected chi connectivity index (χ4v) is 3.93. The molecule has 1 aliphatic rings. The van der Waals surface area contributed by atoms with Crippen LogP contribution in [0.5, 0.6) is 0 Å². The van der Waals surface area contributed by atoms with Gasteiger partial charge in [0.05, 0.1) is 5.69 Å². The predicted octanol–water partition coefficient (Wildman–Crippen LogP) is 2.60. The molecular formula is C19H22N6OS. The van der Waals surface area contributed by atoms with Crippen LogP contribution in [0.4, 0.5) is 0 Å². The molecule has 1 fully saturated rings. The Labute approximate surface area is 162 Å². The first-order valence-electron chi connectivity index (χ1n) is 9.19. The summed E-state index contributed by atoms with van der Waals surface area (Å²) < 4.78 is 1.71. The van der Waals surface area contributed by atoms with Crippen LogP contribution in [0.25, 0.3) is 16.5 Å². The second-order valence-electron chi connectivity index (χ2n) is 6.57. The maximum atomic E-state index is 12.5. The Kier molecular flexibility index (Phi) is 5.26. The standard InChI is InChI=1S/C19H22N6OS/c1-2-24-10-8-14(9-11-24)21-18(26)16-12-27-19(22-16)17-20-13-25(23-17)15-6-4-3-5-7-15/h3-7,12-14H,2,8-11H2,1H3,(H,21,26). The van der Waals surface area contributed by atoms with E-state index in [0.717, 1.165) is 38.2 Å². The van der Waals surface area contributed by atoms with Gasteiger partial charge in [-0.15, -0.1) is 16.4 Å². The van der Waals surface area contributed by atoms with Crippen molar-refractivity contribution in [3.05, 3.63) is 47.7 Å². The maximum absolute atomic E-state index is 12.5. The van der Waals surface area contributed by atoms with Crippen LogP contribution in [0.2, 0.25) is 0 Å². The van der Waals surface area contributed by atoms with Crippen molar-refractivity contribution in [3.8, 4) is 16.5 Å². The van der Waals surface area contributed by atoms with Crippen molar-refractivity contribution in [2.45, 2.75) is 25.8 Å². The summed E-state index contributed by atoms with van der Waals surface area (Å²) in [5.74, 6) is 0.411. The second-order valence-corrected chi connectivity index (χ2v) is 7.43. The molecular weight excluding hydrogens is 360 g/mol. The highest BCUT2D eigenvalue weighted by atomic mass is 32.1. The molecule has 1 amide bonds. The van der Waals surface area contributed by atoms with Gasteiger partial charge in [0.2, 0.25) is 5.82 Å². The van der Waals surface area contributed by atoms with Crippen LogP contribution in [0, 0.1) is 0 Å². The molecule has 0 radical (unpaired) electrons. The van der Waals surface area contributed by atoms with Crippen LogP contribution < -0.4 is 5.32 Å². The summed E-state index contributed by atoms with van der Waals surface area (Å²) >= 11 is 1.39. The molecule has 2 aromatic heterocycles. The van der Waals surface area contributed by atoms with Crippen molar-refractivity contribution in [1.29, 1.82) is 0 Å². The molecule has 1 aliphatic heterocycles. The quantitative estimate of drug-likeness (QED) is 0.734. The zero-order chi connectivity index (χ0) is 18.6. The van der Waals surface area contributed by atoms with Gasteiger partial charge >= 0.3 is 0 Å². The molecule has 0 atom stereocenters. The summed E-state index contributed by atoms with van der Waals surface area (Å²) in [6.45, 7) is 5.30. The first-order valence-corrected chi connectivity index (χ1v) is 10.1. The van der Waals surface area contributed by atoms with E-state index in [1.807, 2.05) is 30.3 Å². The van der Waals surface area contributed by atoms with E-state index >= 15 is 0 Å². The average Bonchev–Trinajstić information content (AvgIpc) is 3.39. The summed E-state index contributed by atoms with van der Waals surface area (Å²) in [6, 6.07) is 10.0. The Morgan fingerprint density at radius 2 is 2.04 bits per heavy atom. The SMILES string of the molecule is CCN1CCC(NC(=O)c2csc(-c3ncn(-c4ccccc4)n3)n2)CC1. The molecule has 140 valence electrons. The minimum atomic E-state index is -0.116. The molecule has 0 unspecified atom stereocenters. The van der Waals surface area contributed by atoms with E-state index in [0.29, 0.717) is 16.5 Å². The molecule has 4 rings (SSSR count). The minimum Gasteiger partial charge on any atom is -0.348 e. The van der Waals surface area contributed by atoms with E-state index in [4.69, 9.17) is 0 Å². The molecule has 8 heteroatoms. The van der Waals surface area contributed by atoms with E-state index in [2.05, 4.69) is 32.2 Å². The van der Waals surface area contributed by atoms with Gasteiger partial charge in [0, 0.05) is 24.5 Å². The predicted molar refractivity (Wildman–Crippen MR) is 105 cm³/mol. The van der Waals surface area contributed by atoms with Crippen LogP contribution in [0.15, 0.2) is 42.0 Å². The lowest BCUT2D eigenvalue weighted by Gasteiger charge is -2.31. The number of likely N-dealkylation sites (tertiary alicyclic amines) is 1. The Hall–Kier alpha value is -2.58. The number of thiazole rings is 1. The fourth-order valence-electron chi connectivity index (χ4n) is 3.20. The highest BCUT2D eigenvalue weighted by Crippen LogP contribution is 2.21. The minimum absolute atomic E-state index is 0.116. The molecule has 1 N–H and O–H groups in total.